The zero-order chi connectivity index (χ0) is 19.6. The van der Waals surface area contributed by atoms with E-state index in [1.807, 2.05) is 13.8 Å². The highest BCUT2D eigenvalue weighted by molar-refractivity contribution is 5.64. The van der Waals surface area contributed by atoms with Gasteiger partial charge in [-0.25, -0.2) is 9.37 Å². The van der Waals surface area contributed by atoms with Crippen LogP contribution in [-0.4, -0.2) is 14.7 Å². The molecule has 0 atom stereocenters. The van der Waals surface area contributed by atoms with Crippen LogP contribution in [0.25, 0.3) is 11.4 Å². The van der Waals surface area contributed by atoms with E-state index in [1.165, 1.54) is 6.07 Å². The molecule has 0 radical (unpaired) electrons. The number of nitrogens with zero attached hydrogens (tertiary/aromatic N) is 2. The van der Waals surface area contributed by atoms with E-state index in [0.717, 1.165) is 0 Å². The molecular formula is C22H23FN2O2. The largest absolute Gasteiger partial charge is 0.507 e. The van der Waals surface area contributed by atoms with Gasteiger partial charge < -0.3 is 5.11 Å². The van der Waals surface area contributed by atoms with Crippen LogP contribution in [0.3, 0.4) is 0 Å². The molecule has 4 nitrogen and oxygen atoms in total. The summed E-state index contributed by atoms with van der Waals surface area (Å²) in [4.78, 5) is 17.8. The monoisotopic (exact) mass is 366 g/mol. The van der Waals surface area contributed by atoms with Crippen LogP contribution in [0.2, 0.25) is 0 Å². The van der Waals surface area contributed by atoms with E-state index in [1.54, 1.807) is 54.0 Å². The molecule has 140 valence electrons. The fourth-order valence-corrected chi connectivity index (χ4v) is 3.35. The van der Waals surface area contributed by atoms with Gasteiger partial charge in [0.15, 0.2) is 0 Å². The Bertz CT molecular complexity index is 1030. The molecule has 0 unspecified atom stereocenters. The van der Waals surface area contributed by atoms with Gasteiger partial charge in [-0.3, -0.25) is 9.36 Å². The molecule has 0 saturated carbocycles. The number of phenolic OH excluding ortho intramolecular Hbond substituents is 1. The molecule has 1 aromatic heterocycles. The van der Waals surface area contributed by atoms with Crippen molar-refractivity contribution in [3.8, 4) is 17.1 Å². The maximum absolute atomic E-state index is 14.0. The van der Waals surface area contributed by atoms with E-state index in [-0.39, 0.29) is 29.6 Å². The quantitative estimate of drug-likeness (QED) is 0.727. The predicted molar refractivity (Wildman–Crippen MR) is 105 cm³/mol. The summed E-state index contributed by atoms with van der Waals surface area (Å²) in [7, 11) is 0. The number of aryl methyl sites for hydroxylation is 2. The molecule has 0 saturated heterocycles. The van der Waals surface area contributed by atoms with Gasteiger partial charge in [0.25, 0.3) is 5.56 Å². The number of aromatic hydroxyl groups is 1. The molecule has 0 amide bonds. The van der Waals surface area contributed by atoms with Crippen LogP contribution >= 0.6 is 0 Å². The third kappa shape index (κ3) is 3.77. The Morgan fingerprint density at radius 2 is 1.78 bits per heavy atom. The van der Waals surface area contributed by atoms with Crippen LogP contribution in [0, 0.1) is 12.7 Å². The molecule has 3 aromatic rings. The van der Waals surface area contributed by atoms with Crippen LogP contribution in [0.1, 0.15) is 36.6 Å². The molecule has 1 heterocycles. The highest BCUT2D eigenvalue weighted by Crippen LogP contribution is 2.28. The summed E-state index contributed by atoms with van der Waals surface area (Å²) < 4.78 is 15.6. The van der Waals surface area contributed by atoms with Crippen molar-refractivity contribution in [3.63, 3.8) is 0 Å². The van der Waals surface area contributed by atoms with Crippen molar-refractivity contribution in [2.75, 3.05) is 0 Å². The Labute approximate surface area is 158 Å². The lowest BCUT2D eigenvalue weighted by atomic mass is 10.0. The molecule has 0 fully saturated rings. The molecule has 2 aromatic carbocycles. The third-order valence-electron chi connectivity index (χ3n) is 4.68. The van der Waals surface area contributed by atoms with Gasteiger partial charge in [0.2, 0.25) is 0 Å². The molecule has 27 heavy (non-hydrogen) atoms. The molecule has 0 spiro atoms. The number of benzene rings is 2. The molecule has 0 aliphatic rings. The molecule has 0 aliphatic heterocycles. The van der Waals surface area contributed by atoms with Gasteiger partial charge in [0, 0.05) is 17.8 Å². The lowest BCUT2D eigenvalue weighted by molar-refractivity contribution is 0.475. The highest BCUT2D eigenvalue weighted by Gasteiger charge is 2.19. The van der Waals surface area contributed by atoms with Crippen molar-refractivity contribution in [3.05, 3.63) is 81.5 Å². The first-order valence-electron chi connectivity index (χ1n) is 9.03. The van der Waals surface area contributed by atoms with Crippen LogP contribution in [-0.2, 0) is 13.0 Å². The van der Waals surface area contributed by atoms with E-state index in [0.29, 0.717) is 34.6 Å². The van der Waals surface area contributed by atoms with Gasteiger partial charge in [0.05, 0.1) is 5.56 Å². The minimum Gasteiger partial charge on any atom is -0.507 e. The first-order valence-corrected chi connectivity index (χ1v) is 9.03. The van der Waals surface area contributed by atoms with E-state index in [2.05, 4.69) is 4.98 Å². The summed E-state index contributed by atoms with van der Waals surface area (Å²) in [6, 6.07) is 13.3. The van der Waals surface area contributed by atoms with E-state index < -0.39 is 0 Å². The topological polar surface area (TPSA) is 55.1 Å². The lowest BCUT2D eigenvalue weighted by Crippen LogP contribution is -2.29. The molecule has 0 aliphatic carbocycles. The van der Waals surface area contributed by atoms with Crippen LogP contribution in [0.4, 0.5) is 4.39 Å². The number of hydrogen-bond acceptors (Lipinski definition) is 3. The summed E-state index contributed by atoms with van der Waals surface area (Å²) in [5, 5.41) is 10.3. The van der Waals surface area contributed by atoms with Gasteiger partial charge in [-0.05, 0) is 43.0 Å². The average molecular weight is 366 g/mol. The fraction of sp³-hybridized carbons (Fsp3) is 0.273. The van der Waals surface area contributed by atoms with Crippen molar-refractivity contribution in [1.82, 2.24) is 9.55 Å². The van der Waals surface area contributed by atoms with Crippen molar-refractivity contribution < 1.29 is 9.50 Å². The normalized spacial score (nSPS) is 11.1. The third-order valence-corrected chi connectivity index (χ3v) is 4.68. The van der Waals surface area contributed by atoms with Crippen LogP contribution < -0.4 is 5.56 Å². The summed E-state index contributed by atoms with van der Waals surface area (Å²) in [5.41, 5.74) is 2.17. The van der Waals surface area contributed by atoms with Crippen molar-refractivity contribution >= 4 is 0 Å². The average Bonchev–Trinajstić information content (AvgIpc) is 2.62. The van der Waals surface area contributed by atoms with Crippen molar-refractivity contribution in [2.24, 2.45) is 0 Å². The van der Waals surface area contributed by atoms with Gasteiger partial charge in [-0.15, -0.1) is 0 Å². The Morgan fingerprint density at radius 1 is 1.11 bits per heavy atom. The molecular weight excluding hydrogens is 343 g/mol. The Balaban J connectivity index is 2.14. The number of para-hydroxylation sites is 1. The number of hydrogen-bond donors (Lipinski definition) is 1. The van der Waals surface area contributed by atoms with E-state index in [4.69, 9.17) is 0 Å². The second-order valence-electron chi connectivity index (χ2n) is 6.90. The smallest absolute Gasteiger partial charge is 0.257 e. The first kappa shape index (κ1) is 18.8. The molecule has 5 heteroatoms. The maximum atomic E-state index is 14.0. The summed E-state index contributed by atoms with van der Waals surface area (Å²) in [5.74, 6) is 0.180. The second kappa shape index (κ2) is 7.74. The standard InChI is InChI=1S/C22H23FN2O2/c1-14(2)20-15(3)24-21(17-9-5-7-11-19(17)26)25(22(20)27)13-12-16-8-4-6-10-18(16)23/h4-11,14,26H,12-13H2,1-3H3. The fourth-order valence-electron chi connectivity index (χ4n) is 3.35. The van der Waals surface area contributed by atoms with Crippen molar-refractivity contribution in [1.29, 1.82) is 0 Å². The molecule has 0 bridgehead atoms. The Kier molecular flexibility index (Phi) is 5.40. The number of aromatic nitrogens is 2. The minimum absolute atomic E-state index is 0.0168. The Morgan fingerprint density at radius 3 is 2.44 bits per heavy atom. The molecule has 3 rings (SSSR count). The van der Waals surface area contributed by atoms with Gasteiger partial charge in [-0.2, -0.15) is 0 Å². The maximum Gasteiger partial charge on any atom is 0.257 e. The Hall–Kier alpha value is -2.95. The SMILES string of the molecule is Cc1nc(-c2ccccc2O)n(CCc2ccccc2F)c(=O)c1C(C)C. The summed E-state index contributed by atoms with van der Waals surface area (Å²) in [6.07, 6.45) is 0.357. The number of halogens is 1. The van der Waals surface area contributed by atoms with E-state index in [9.17, 15) is 14.3 Å². The van der Waals surface area contributed by atoms with Gasteiger partial charge >= 0.3 is 0 Å². The van der Waals surface area contributed by atoms with Crippen molar-refractivity contribution in [2.45, 2.75) is 39.7 Å². The predicted octanol–water partition coefficient (Wildman–Crippen LogP) is 4.43. The zero-order valence-electron chi connectivity index (χ0n) is 15.7. The minimum atomic E-state index is -0.293. The van der Waals surface area contributed by atoms with Crippen LogP contribution in [0.15, 0.2) is 53.3 Å². The van der Waals surface area contributed by atoms with Crippen LogP contribution in [0.5, 0.6) is 5.75 Å². The molecule has 1 N–H and O–H groups in total. The van der Waals surface area contributed by atoms with Gasteiger partial charge in [-0.1, -0.05) is 44.2 Å². The zero-order valence-corrected chi connectivity index (χ0v) is 15.7. The number of rotatable bonds is 5. The van der Waals surface area contributed by atoms with Gasteiger partial charge in [0.1, 0.15) is 17.4 Å². The summed E-state index contributed by atoms with van der Waals surface area (Å²) >= 11 is 0. The second-order valence-corrected chi connectivity index (χ2v) is 6.90. The number of phenols is 1. The highest BCUT2D eigenvalue weighted by atomic mass is 19.1. The van der Waals surface area contributed by atoms with E-state index >= 15 is 0 Å². The lowest BCUT2D eigenvalue weighted by Gasteiger charge is -2.18. The summed E-state index contributed by atoms with van der Waals surface area (Å²) in [6.45, 7) is 5.98. The first-order chi connectivity index (χ1) is 12.9.